The van der Waals surface area contributed by atoms with Gasteiger partial charge >= 0.3 is 6.03 Å². The van der Waals surface area contributed by atoms with Crippen molar-refractivity contribution in [3.8, 4) is 0 Å². The molecule has 3 aromatic rings. The van der Waals surface area contributed by atoms with Gasteiger partial charge in [-0.15, -0.1) is 10.2 Å². The number of hydrogen-bond donors (Lipinski definition) is 1. The van der Waals surface area contributed by atoms with Gasteiger partial charge in [-0.25, -0.2) is 4.79 Å². The molecule has 2 bridgehead atoms. The van der Waals surface area contributed by atoms with Gasteiger partial charge in [0.05, 0.1) is 10.7 Å². The van der Waals surface area contributed by atoms with Crippen molar-refractivity contribution in [2.45, 2.75) is 76.9 Å². The molecule has 2 aromatic carbocycles. The summed E-state index contributed by atoms with van der Waals surface area (Å²) in [4.78, 5) is 17.8. The second-order valence-corrected chi connectivity index (χ2v) is 11.0. The highest BCUT2D eigenvalue weighted by atomic mass is 35.5. The van der Waals surface area contributed by atoms with Crippen LogP contribution < -0.4 is 10.2 Å². The first-order valence-electron chi connectivity index (χ1n) is 13.5. The summed E-state index contributed by atoms with van der Waals surface area (Å²) < 4.78 is 2.41. The largest absolute Gasteiger partial charge is 0.326 e. The molecule has 0 aliphatic carbocycles. The lowest BCUT2D eigenvalue weighted by molar-refractivity contribution is 0.104. The number of carbonyl (C=O) groups excluding carboxylic acids is 1. The summed E-state index contributed by atoms with van der Waals surface area (Å²) in [6.45, 7) is 8.11. The Bertz CT molecular complexity index is 1200. The van der Waals surface area contributed by atoms with Crippen LogP contribution in [0.3, 0.4) is 0 Å². The molecule has 1 N–H and O–H groups in total. The van der Waals surface area contributed by atoms with Crippen LogP contribution in [0.1, 0.15) is 69.6 Å². The molecule has 2 saturated heterocycles. The average molecular weight is 521 g/mol. The van der Waals surface area contributed by atoms with Gasteiger partial charge < -0.3 is 9.88 Å². The number of anilines is 2. The van der Waals surface area contributed by atoms with Crippen molar-refractivity contribution in [1.29, 1.82) is 0 Å². The topological polar surface area (TPSA) is 66.3 Å². The zero-order chi connectivity index (χ0) is 25.9. The summed E-state index contributed by atoms with van der Waals surface area (Å²) in [6.07, 6.45) is 5.68. The minimum Gasteiger partial charge on any atom is -0.312 e. The van der Waals surface area contributed by atoms with E-state index in [1.165, 1.54) is 12.8 Å². The number of para-hydroxylation sites is 2. The van der Waals surface area contributed by atoms with E-state index in [0.29, 0.717) is 41.3 Å². The minimum atomic E-state index is -0.162. The number of rotatable bonds is 8. The Hall–Kier alpha value is -2.90. The lowest BCUT2D eigenvalue weighted by atomic mass is 9.96. The van der Waals surface area contributed by atoms with Gasteiger partial charge in [0.15, 0.2) is 0 Å². The quantitative estimate of drug-likeness (QED) is 0.360. The van der Waals surface area contributed by atoms with Gasteiger partial charge in [-0.3, -0.25) is 9.80 Å². The normalized spacial score (nSPS) is 21.4. The van der Waals surface area contributed by atoms with Crippen LogP contribution in [0, 0.1) is 6.92 Å². The van der Waals surface area contributed by atoms with Crippen LogP contribution in [-0.2, 0) is 0 Å². The predicted molar refractivity (Wildman–Crippen MR) is 150 cm³/mol. The van der Waals surface area contributed by atoms with Crippen molar-refractivity contribution < 1.29 is 4.79 Å². The molecular weight excluding hydrogens is 484 g/mol. The number of halogens is 1. The number of hydrogen-bond acceptors (Lipinski definition) is 4. The van der Waals surface area contributed by atoms with Gasteiger partial charge in [0, 0.05) is 42.8 Å². The first-order valence-corrected chi connectivity index (χ1v) is 13.9. The van der Waals surface area contributed by atoms with E-state index in [9.17, 15) is 4.79 Å². The van der Waals surface area contributed by atoms with E-state index in [2.05, 4.69) is 45.8 Å². The van der Waals surface area contributed by atoms with Crippen LogP contribution >= 0.6 is 11.6 Å². The van der Waals surface area contributed by atoms with E-state index in [1.807, 2.05) is 53.4 Å². The monoisotopic (exact) mass is 520 g/mol. The number of benzene rings is 2. The molecule has 0 saturated carbocycles. The van der Waals surface area contributed by atoms with Crippen molar-refractivity contribution in [3.05, 3.63) is 71.3 Å². The first-order chi connectivity index (χ1) is 17.9. The number of urea groups is 1. The fraction of sp³-hybridized carbons (Fsp3) is 0.483. The maximum absolute atomic E-state index is 13.3. The number of fused-ring (bicyclic) bond motifs is 2. The minimum absolute atomic E-state index is 0.162. The zero-order valence-corrected chi connectivity index (χ0v) is 22.7. The zero-order valence-electron chi connectivity index (χ0n) is 22.0. The summed E-state index contributed by atoms with van der Waals surface area (Å²) in [5, 5.41) is 12.4. The van der Waals surface area contributed by atoms with Crippen LogP contribution in [0.25, 0.3) is 0 Å². The molecule has 3 heterocycles. The Morgan fingerprint density at radius 2 is 1.70 bits per heavy atom. The molecule has 196 valence electrons. The van der Waals surface area contributed by atoms with Crippen molar-refractivity contribution in [3.63, 3.8) is 0 Å². The second-order valence-electron chi connectivity index (χ2n) is 10.6. The Labute approximate surface area is 224 Å². The van der Waals surface area contributed by atoms with Crippen molar-refractivity contribution >= 4 is 29.0 Å². The molecule has 2 aliphatic heterocycles. The average Bonchev–Trinajstić information content (AvgIpc) is 3.39. The number of aryl methyl sites for hydroxylation is 1. The Morgan fingerprint density at radius 3 is 2.38 bits per heavy atom. The summed E-state index contributed by atoms with van der Waals surface area (Å²) in [5.74, 6) is 2.51. The summed E-state index contributed by atoms with van der Waals surface area (Å²) in [5.41, 5.74) is 1.51. The standard InChI is InChI=1S/C29H37ClN6O/c1-20(2)28-33-32-21(3)36(28)25-18-23-14-15-24(19-25)34(23)16-9-17-35(22-10-5-4-6-11-22)29(37)31-27-13-8-7-12-26(27)30/h4-8,10-13,20,23-25H,9,14-19H2,1-3H3,(H,31,37)/t23-,24+,25-. The third-order valence-electron chi connectivity index (χ3n) is 7.86. The molecule has 2 aliphatic rings. The number of amides is 2. The molecule has 7 nitrogen and oxygen atoms in total. The molecule has 1 aromatic heterocycles. The third kappa shape index (κ3) is 5.53. The van der Waals surface area contributed by atoms with E-state index < -0.39 is 0 Å². The van der Waals surface area contributed by atoms with E-state index in [1.54, 1.807) is 6.07 Å². The summed E-state index contributed by atoms with van der Waals surface area (Å²) >= 11 is 6.30. The van der Waals surface area contributed by atoms with Crippen LogP contribution in [-0.4, -0.2) is 50.9 Å². The van der Waals surface area contributed by atoms with Gasteiger partial charge in [-0.1, -0.05) is 55.8 Å². The predicted octanol–water partition coefficient (Wildman–Crippen LogP) is 6.66. The molecule has 3 atom stereocenters. The highest BCUT2D eigenvalue weighted by Crippen LogP contribution is 2.42. The number of aromatic nitrogens is 3. The maximum Gasteiger partial charge on any atom is 0.326 e. The second kappa shape index (κ2) is 11.2. The molecule has 5 rings (SSSR count). The molecule has 8 heteroatoms. The van der Waals surface area contributed by atoms with E-state index in [4.69, 9.17) is 11.6 Å². The maximum atomic E-state index is 13.3. The van der Waals surface area contributed by atoms with Gasteiger partial charge in [0.1, 0.15) is 11.6 Å². The van der Waals surface area contributed by atoms with E-state index in [0.717, 1.165) is 43.1 Å². The van der Waals surface area contributed by atoms with Crippen LogP contribution in [0.15, 0.2) is 54.6 Å². The number of carbonyl (C=O) groups is 1. The lowest BCUT2D eigenvalue weighted by Crippen LogP contribution is -2.45. The van der Waals surface area contributed by atoms with Gasteiger partial charge in [-0.2, -0.15) is 0 Å². The van der Waals surface area contributed by atoms with Gasteiger partial charge in [0.2, 0.25) is 0 Å². The van der Waals surface area contributed by atoms with Crippen LogP contribution in [0.4, 0.5) is 16.2 Å². The number of nitrogens with zero attached hydrogens (tertiary/aromatic N) is 5. The Kier molecular flexibility index (Phi) is 7.81. The molecule has 37 heavy (non-hydrogen) atoms. The Balaban J connectivity index is 1.24. The highest BCUT2D eigenvalue weighted by molar-refractivity contribution is 6.33. The van der Waals surface area contributed by atoms with Crippen LogP contribution in [0.5, 0.6) is 0 Å². The summed E-state index contributed by atoms with van der Waals surface area (Å²) in [6, 6.07) is 18.7. The lowest BCUT2D eigenvalue weighted by Gasteiger charge is -2.40. The van der Waals surface area contributed by atoms with Crippen molar-refractivity contribution in [2.24, 2.45) is 0 Å². The number of piperidine rings is 1. The molecule has 0 radical (unpaired) electrons. The molecule has 0 spiro atoms. The fourth-order valence-corrected chi connectivity index (χ4v) is 6.35. The van der Waals surface area contributed by atoms with Gasteiger partial charge in [0.25, 0.3) is 0 Å². The fourth-order valence-electron chi connectivity index (χ4n) is 6.16. The van der Waals surface area contributed by atoms with Crippen molar-refractivity contribution in [2.75, 3.05) is 23.3 Å². The van der Waals surface area contributed by atoms with E-state index >= 15 is 0 Å². The highest BCUT2D eigenvalue weighted by Gasteiger charge is 2.42. The third-order valence-corrected chi connectivity index (χ3v) is 8.19. The SMILES string of the molecule is Cc1nnc(C(C)C)n1[C@@H]1C[C@H]2CC[C@@H](C1)N2CCCN(C(=O)Nc1ccccc1Cl)c1ccccc1. The van der Waals surface area contributed by atoms with Gasteiger partial charge in [-0.05, 0) is 63.3 Å². The molecular formula is C29H37ClN6O. The molecule has 0 unspecified atom stereocenters. The van der Waals surface area contributed by atoms with Crippen LogP contribution in [0.2, 0.25) is 5.02 Å². The smallest absolute Gasteiger partial charge is 0.312 e. The molecule has 2 fully saturated rings. The Morgan fingerprint density at radius 1 is 1.03 bits per heavy atom. The summed E-state index contributed by atoms with van der Waals surface area (Å²) in [7, 11) is 0. The van der Waals surface area contributed by atoms with E-state index in [-0.39, 0.29) is 6.03 Å². The molecule has 2 amide bonds. The first kappa shape index (κ1) is 25.7. The van der Waals surface area contributed by atoms with Crippen molar-refractivity contribution in [1.82, 2.24) is 19.7 Å². The number of nitrogens with one attached hydrogen (secondary N) is 1.